The summed E-state index contributed by atoms with van der Waals surface area (Å²) in [5, 5.41) is 3.38. The maximum atomic E-state index is 12.2. The summed E-state index contributed by atoms with van der Waals surface area (Å²) >= 11 is 0. The molecule has 1 fully saturated rings. The summed E-state index contributed by atoms with van der Waals surface area (Å²) in [5.41, 5.74) is 0. The molecular weight excluding hydrogens is 257 g/mol. The van der Waals surface area contributed by atoms with E-state index in [0.29, 0.717) is 19.1 Å². The summed E-state index contributed by atoms with van der Waals surface area (Å²) in [6, 6.07) is 4.10. The molecule has 0 aromatic carbocycles. The number of halogens is 3. The fourth-order valence-corrected chi connectivity index (χ4v) is 2.40. The first-order valence-corrected chi connectivity index (χ1v) is 6.58. The average molecular weight is 276 g/mol. The quantitative estimate of drug-likeness (QED) is 0.895. The van der Waals surface area contributed by atoms with Gasteiger partial charge in [-0.2, -0.15) is 13.2 Å². The summed E-state index contributed by atoms with van der Waals surface area (Å²) in [5.74, 6) is 0.932. The second-order valence-corrected chi connectivity index (χ2v) is 4.95. The van der Waals surface area contributed by atoms with Crippen molar-refractivity contribution < 1.29 is 17.6 Å². The zero-order valence-electron chi connectivity index (χ0n) is 10.7. The molecule has 0 amide bonds. The Morgan fingerprint density at radius 3 is 2.63 bits per heavy atom. The number of hydrogen-bond donors (Lipinski definition) is 1. The lowest BCUT2D eigenvalue weighted by Gasteiger charge is -2.32. The third-order valence-electron chi connectivity index (χ3n) is 3.37. The Morgan fingerprint density at radius 1 is 1.32 bits per heavy atom. The molecule has 1 aliphatic heterocycles. The molecule has 1 aliphatic rings. The average Bonchev–Trinajstić information content (AvgIpc) is 2.82. The lowest BCUT2D eigenvalue weighted by atomic mass is 10.0. The largest absolute Gasteiger partial charge is 0.469 e. The molecule has 0 spiro atoms. The van der Waals surface area contributed by atoms with Gasteiger partial charge in [0.15, 0.2) is 0 Å². The molecule has 6 heteroatoms. The fraction of sp³-hybridized carbons (Fsp3) is 0.692. The Bertz CT molecular complexity index is 356. The van der Waals surface area contributed by atoms with Crippen LogP contribution in [0.3, 0.4) is 0 Å². The number of likely N-dealkylation sites (tertiary alicyclic amines) is 1. The first-order chi connectivity index (χ1) is 9.03. The molecule has 108 valence electrons. The molecular formula is C13H19F3N2O. The number of furan rings is 1. The van der Waals surface area contributed by atoms with Gasteiger partial charge in [0.1, 0.15) is 5.76 Å². The molecule has 1 saturated heterocycles. The molecule has 1 N–H and O–H groups in total. The van der Waals surface area contributed by atoms with Crippen LogP contribution in [0, 0.1) is 0 Å². The van der Waals surface area contributed by atoms with Gasteiger partial charge in [0.05, 0.1) is 12.8 Å². The van der Waals surface area contributed by atoms with E-state index in [2.05, 4.69) is 5.32 Å². The van der Waals surface area contributed by atoms with Crippen LogP contribution < -0.4 is 5.32 Å². The van der Waals surface area contributed by atoms with Crippen molar-refractivity contribution >= 4 is 0 Å². The van der Waals surface area contributed by atoms with Gasteiger partial charge < -0.3 is 9.73 Å². The summed E-state index contributed by atoms with van der Waals surface area (Å²) in [6.07, 6.45) is -0.0806. The minimum Gasteiger partial charge on any atom is -0.469 e. The molecule has 0 unspecified atom stereocenters. The van der Waals surface area contributed by atoms with Crippen LogP contribution in [0.5, 0.6) is 0 Å². The van der Waals surface area contributed by atoms with E-state index in [0.717, 1.165) is 31.6 Å². The van der Waals surface area contributed by atoms with E-state index in [1.165, 1.54) is 4.90 Å². The lowest BCUT2D eigenvalue weighted by molar-refractivity contribution is -0.148. The van der Waals surface area contributed by atoms with E-state index in [1.807, 2.05) is 12.1 Å². The molecule has 0 atom stereocenters. The second-order valence-electron chi connectivity index (χ2n) is 4.95. The molecule has 1 aromatic heterocycles. The van der Waals surface area contributed by atoms with Crippen LogP contribution in [-0.2, 0) is 6.42 Å². The molecule has 3 nitrogen and oxygen atoms in total. The van der Waals surface area contributed by atoms with Crippen LogP contribution in [0.4, 0.5) is 13.2 Å². The third kappa shape index (κ3) is 5.24. The van der Waals surface area contributed by atoms with E-state index in [-0.39, 0.29) is 0 Å². The van der Waals surface area contributed by atoms with Crippen LogP contribution in [0.15, 0.2) is 22.8 Å². The van der Waals surface area contributed by atoms with Crippen molar-refractivity contribution in [2.75, 3.05) is 26.2 Å². The zero-order valence-corrected chi connectivity index (χ0v) is 10.7. The van der Waals surface area contributed by atoms with Gasteiger partial charge in [0.2, 0.25) is 0 Å². The van der Waals surface area contributed by atoms with Gasteiger partial charge in [0, 0.05) is 19.0 Å². The van der Waals surface area contributed by atoms with Crippen molar-refractivity contribution in [3.05, 3.63) is 24.2 Å². The van der Waals surface area contributed by atoms with E-state index in [4.69, 9.17) is 4.42 Å². The summed E-state index contributed by atoms with van der Waals surface area (Å²) in [7, 11) is 0. The van der Waals surface area contributed by atoms with E-state index >= 15 is 0 Å². The highest BCUT2D eigenvalue weighted by molar-refractivity contribution is 4.98. The predicted octanol–water partition coefficient (Wildman–Crippen LogP) is 2.44. The standard InChI is InChI=1S/C13H19F3N2O/c14-13(15,16)10-18-7-4-11(5-8-18)17-6-3-12-2-1-9-19-12/h1-2,9,11,17H,3-8,10H2. The maximum absolute atomic E-state index is 12.2. The van der Waals surface area contributed by atoms with Crippen LogP contribution in [0.1, 0.15) is 18.6 Å². The number of hydrogen-bond acceptors (Lipinski definition) is 3. The van der Waals surface area contributed by atoms with Crippen molar-refractivity contribution in [2.45, 2.75) is 31.5 Å². The Balaban J connectivity index is 1.61. The van der Waals surface area contributed by atoms with Gasteiger partial charge in [-0.25, -0.2) is 0 Å². The smallest absolute Gasteiger partial charge is 0.401 e. The van der Waals surface area contributed by atoms with E-state index in [9.17, 15) is 13.2 Å². The Morgan fingerprint density at radius 2 is 2.05 bits per heavy atom. The van der Waals surface area contributed by atoms with E-state index < -0.39 is 12.7 Å². The first-order valence-electron chi connectivity index (χ1n) is 6.58. The second kappa shape index (κ2) is 6.43. The molecule has 0 aliphatic carbocycles. The summed E-state index contributed by atoms with van der Waals surface area (Å²) in [6.45, 7) is 1.04. The molecule has 19 heavy (non-hydrogen) atoms. The first kappa shape index (κ1) is 14.4. The van der Waals surface area contributed by atoms with E-state index in [1.54, 1.807) is 6.26 Å². The highest BCUT2D eigenvalue weighted by Crippen LogP contribution is 2.19. The van der Waals surface area contributed by atoms with Crippen molar-refractivity contribution in [1.82, 2.24) is 10.2 Å². The maximum Gasteiger partial charge on any atom is 0.401 e. The van der Waals surface area contributed by atoms with Crippen LogP contribution in [-0.4, -0.2) is 43.3 Å². The van der Waals surface area contributed by atoms with Crippen molar-refractivity contribution in [3.63, 3.8) is 0 Å². The number of alkyl halides is 3. The van der Waals surface area contributed by atoms with Gasteiger partial charge in [-0.1, -0.05) is 0 Å². The molecule has 0 bridgehead atoms. The minimum absolute atomic E-state index is 0.319. The molecule has 0 radical (unpaired) electrons. The number of nitrogens with zero attached hydrogens (tertiary/aromatic N) is 1. The van der Waals surface area contributed by atoms with Crippen molar-refractivity contribution in [3.8, 4) is 0 Å². The molecule has 0 saturated carbocycles. The number of piperidine rings is 1. The number of rotatable bonds is 5. The molecule has 2 heterocycles. The van der Waals surface area contributed by atoms with Crippen molar-refractivity contribution in [2.24, 2.45) is 0 Å². The van der Waals surface area contributed by atoms with Gasteiger partial charge in [0.25, 0.3) is 0 Å². The predicted molar refractivity (Wildman–Crippen MR) is 65.9 cm³/mol. The normalized spacial score (nSPS) is 18.9. The van der Waals surface area contributed by atoms with Gasteiger partial charge in [-0.3, -0.25) is 4.90 Å². The minimum atomic E-state index is -4.08. The highest BCUT2D eigenvalue weighted by atomic mass is 19.4. The van der Waals surface area contributed by atoms with Gasteiger partial charge in [-0.05, 0) is 38.1 Å². The Kier molecular flexibility index (Phi) is 4.87. The Hall–Kier alpha value is -1.01. The van der Waals surface area contributed by atoms with Crippen LogP contribution >= 0.6 is 0 Å². The summed E-state index contributed by atoms with van der Waals surface area (Å²) in [4.78, 5) is 1.48. The third-order valence-corrected chi connectivity index (χ3v) is 3.37. The lowest BCUT2D eigenvalue weighted by Crippen LogP contribution is -2.45. The fourth-order valence-electron chi connectivity index (χ4n) is 2.40. The van der Waals surface area contributed by atoms with Gasteiger partial charge in [-0.15, -0.1) is 0 Å². The highest BCUT2D eigenvalue weighted by Gasteiger charge is 2.32. The monoisotopic (exact) mass is 276 g/mol. The zero-order chi connectivity index (χ0) is 13.7. The van der Waals surface area contributed by atoms with Crippen LogP contribution in [0.2, 0.25) is 0 Å². The van der Waals surface area contributed by atoms with Gasteiger partial charge >= 0.3 is 6.18 Å². The topological polar surface area (TPSA) is 28.4 Å². The van der Waals surface area contributed by atoms with Crippen LogP contribution in [0.25, 0.3) is 0 Å². The molecule has 1 aromatic rings. The number of nitrogens with one attached hydrogen (secondary N) is 1. The van der Waals surface area contributed by atoms with Crippen molar-refractivity contribution in [1.29, 1.82) is 0 Å². The Labute approximate surface area is 110 Å². The molecule has 2 rings (SSSR count). The summed E-state index contributed by atoms with van der Waals surface area (Å²) < 4.78 is 41.9. The SMILES string of the molecule is FC(F)(F)CN1CCC(NCCc2ccco2)CC1.